The van der Waals surface area contributed by atoms with Crippen molar-refractivity contribution in [3.05, 3.63) is 76.9 Å². The number of aliphatic hydroxyl groups is 1. The van der Waals surface area contributed by atoms with E-state index in [2.05, 4.69) is 26.6 Å². The van der Waals surface area contributed by atoms with Crippen molar-refractivity contribution in [2.75, 3.05) is 6.61 Å². The minimum absolute atomic E-state index is 0.0755. The van der Waals surface area contributed by atoms with Gasteiger partial charge < -0.3 is 35.1 Å². The molecule has 18 heteroatoms. The fourth-order valence-electron chi connectivity index (χ4n) is 4.65. The van der Waals surface area contributed by atoms with E-state index in [1.165, 1.54) is 42.8 Å². The Morgan fingerprint density at radius 3 is 2.82 bits per heavy atom. The molecular weight excluding hydrogens is 627 g/mol. The number of benzene rings is 2. The molecule has 0 aliphatic carbocycles. The molecule has 1 unspecified atom stereocenters. The molecule has 1 fully saturated rings. The SMILES string of the molecule is C=C1N=C(N)N=CN1[C@H]1C[C@@H](O)[C@@H](COP(=O)(N[C@@H](C)C(=O)OCc2cnc([N+](=O)[O-])n2C)Oc2cccc3ccccc23)S1. The van der Waals surface area contributed by atoms with Gasteiger partial charge in [0.05, 0.1) is 30.4 Å². The highest BCUT2D eigenvalue weighted by molar-refractivity contribution is 8.00. The minimum Gasteiger partial charge on any atom is -0.456 e. The number of nitro groups is 1. The van der Waals surface area contributed by atoms with Gasteiger partial charge in [0, 0.05) is 11.8 Å². The maximum absolute atomic E-state index is 14.3. The lowest BCUT2D eigenvalue weighted by molar-refractivity contribution is -0.396. The van der Waals surface area contributed by atoms with Gasteiger partial charge in [-0.1, -0.05) is 48.0 Å². The topological polar surface area (TPSA) is 209 Å². The van der Waals surface area contributed by atoms with Gasteiger partial charge in [-0.25, -0.2) is 14.1 Å². The van der Waals surface area contributed by atoms with Crippen molar-refractivity contribution in [2.24, 2.45) is 22.8 Å². The van der Waals surface area contributed by atoms with E-state index in [1.54, 1.807) is 29.2 Å². The molecule has 3 aromatic rings. The first kappa shape index (κ1) is 32.1. The van der Waals surface area contributed by atoms with Crippen molar-refractivity contribution < 1.29 is 33.2 Å². The lowest BCUT2D eigenvalue weighted by Gasteiger charge is -2.27. The molecule has 5 atom stereocenters. The standard InChI is InChI=1S/C27H31N8O8PS/c1-16(25(37)41-13-19-12-29-27(33(19)3)35(38)39)32-44(40,43-22-10-6-8-18-7-4-5-9-20(18)22)42-14-23-21(36)11-24(45-23)34-15-30-26(28)31-17(34)2/h4-10,12,15-16,21,23-24,36H,2,11,13-14H2,1,3H3,(H2,28,31)(H,32,40)/t16-,21+,23+,24+,44?/m0/s1. The molecule has 238 valence electrons. The number of hydrogen-bond acceptors (Lipinski definition) is 14. The number of guanidine groups is 1. The Balaban J connectivity index is 1.30. The number of nitrogens with one attached hydrogen (secondary N) is 1. The summed E-state index contributed by atoms with van der Waals surface area (Å²) in [5.74, 6) is -0.528. The molecule has 2 aliphatic heterocycles. The maximum Gasteiger partial charge on any atom is 0.459 e. The van der Waals surface area contributed by atoms with Gasteiger partial charge in [-0.15, -0.1) is 11.8 Å². The van der Waals surface area contributed by atoms with Gasteiger partial charge in [-0.3, -0.25) is 9.32 Å². The highest BCUT2D eigenvalue weighted by atomic mass is 32.2. The lowest BCUT2D eigenvalue weighted by atomic mass is 10.1. The smallest absolute Gasteiger partial charge is 0.456 e. The summed E-state index contributed by atoms with van der Waals surface area (Å²) in [6.45, 7) is 4.78. The van der Waals surface area contributed by atoms with Crippen LogP contribution in [0.2, 0.25) is 0 Å². The van der Waals surface area contributed by atoms with Crippen molar-refractivity contribution in [3.8, 4) is 5.75 Å². The minimum atomic E-state index is -4.30. The molecule has 0 spiro atoms. The normalized spacial score (nSPS) is 21.8. The Bertz CT molecular complexity index is 1730. The van der Waals surface area contributed by atoms with Gasteiger partial charge in [-0.2, -0.15) is 10.1 Å². The van der Waals surface area contributed by atoms with E-state index in [0.29, 0.717) is 17.6 Å². The van der Waals surface area contributed by atoms with Crippen LogP contribution >= 0.6 is 19.5 Å². The van der Waals surface area contributed by atoms with E-state index in [1.807, 2.05) is 18.2 Å². The molecule has 2 aliphatic rings. The summed E-state index contributed by atoms with van der Waals surface area (Å²) in [6.07, 6.45) is 2.19. The van der Waals surface area contributed by atoms with E-state index in [9.17, 15) is 24.6 Å². The number of hydrogen-bond donors (Lipinski definition) is 3. The van der Waals surface area contributed by atoms with Crippen molar-refractivity contribution in [2.45, 2.75) is 42.7 Å². The average molecular weight is 659 g/mol. The summed E-state index contributed by atoms with van der Waals surface area (Å²) in [5, 5.41) is 25.2. The zero-order valence-electron chi connectivity index (χ0n) is 24.3. The third kappa shape index (κ3) is 7.34. The number of carbonyl (C=O) groups excluding carboxylic acids is 1. The van der Waals surface area contributed by atoms with Gasteiger partial charge in [0.15, 0.2) is 5.69 Å². The molecule has 0 bridgehead atoms. The molecule has 1 saturated heterocycles. The third-order valence-electron chi connectivity index (χ3n) is 7.04. The number of aromatic nitrogens is 2. The van der Waals surface area contributed by atoms with E-state index in [4.69, 9.17) is 19.5 Å². The van der Waals surface area contributed by atoms with Crippen LogP contribution in [0.5, 0.6) is 5.75 Å². The lowest BCUT2D eigenvalue weighted by Crippen LogP contribution is -2.36. The first-order valence-electron chi connectivity index (χ1n) is 13.6. The predicted octanol–water partition coefficient (Wildman–Crippen LogP) is 3.03. The Morgan fingerprint density at radius 2 is 2.09 bits per heavy atom. The molecule has 45 heavy (non-hydrogen) atoms. The molecule has 0 amide bonds. The molecule has 0 saturated carbocycles. The number of imidazole rings is 1. The second-order valence-electron chi connectivity index (χ2n) is 10.2. The number of aliphatic imine (C=N–C) groups is 2. The average Bonchev–Trinajstić information content (AvgIpc) is 3.56. The Kier molecular flexibility index (Phi) is 9.55. The Hall–Kier alpha value is -4.28. The van der Waals surface area contributed by atoms with Gasteiger partial charge in [0.25, 0.3) is 0 Å². The van der Waals surface area contributed by atoms with Crippen LogP contribution in [0.1, 0.15) is 19.0 Å². The summed E-state index contributed by atoms with van der Waals surface area (Å²) in [6, 6.07) is 11.3. The number of nitrogens with zero attached hydrogens (tertiary/aromatic N) is 6. The van der Waals surface area contributed by atoms with Gasteiger partial charge in [0.1, 0.15) is 36.8 Å². The fraction of sp³-hybridized carbons (Fsp3) is 0.333. The van der Waals surface area contributed by atoms with Gasteiger partial charge >= 0.3 is 19.7 Å². The van der Waals surface area contributed by atoms with Crippen LogP contribution in [-0.2, 0) is 32.3 Å². The largest absolute Gasteiger partial charge is 0.459 e. The van der Waals surface area contributed by atoms with Crippen molar-refractivity contribution >= 4 is 54.5 Å². The highest BCUT2D eigenvalue weighted by Gasteiger charge is 2.41. The second kappa shape index (κ2) is 13.4. The molecule has 1 aromatic heterocycles. The van der Waals surface area contributed by atoms with Crippen LogP contribution < -0.4 is 15.3 Å². The zero-order valence-corrected chi connectivity index (χ0v) is 26.0. The van der Waals surface area contributed by atoms with Crippen LogP contribution in [0.4, 0.5) is 5.95 Å². The maximum atomic E-state index is 14.3. The van der Waals surface area contributed by atoms with Gasteiger partial charge in [-0.05, 0) is 23.3 Å². The summed E-state index contributed by atoms with van der Waals surface area (Å²) in [5.41, 5.74) is 5.92. The van der Waals surface area contributed by atoms with Crippen molar-refractivity contribution in [1.82, 2.24) is 19.5 Å². The Labute approximate surface area is 261 Å². The number of ether oxygens (including phenoxy) is 1. The quantitative estimate of drug-likeness (QED) is 0.111. The molecular formula is C27H31N8O8PS. The molecule has 2 aromatic carbocycles. The number of nitrogens with two attached hydrogens (primary N) is 1. The fourth-order valence-corrected chi connectivity index (χ4v) is 7.74. The zero-order chi connectivity index (χ0) is 32.3. The van der Waals surface area contributed by atoms with Crippen LogP contribution in [-0.4, -0.2) is 72.1 Å². The van der Waals surface area contributed by atoms with E-state index in [-0.39, 0.29) is 36.0 Å². The molecule has 0 radical (unpaired) electrons. The predicted molar refractivity (Wildman–Crippen MR) is 167 cm³/mol. The van der Waals surface area contributed by atoms with Crippen LogP contribution in [0, 0.1) is 10.1 Å². The van der Waals surface area contributed by atoms with E-state index >= 15 is 0 Å². The van der Waals surface area contributed by atoms with Crippen LogP contribution in [0.25, 0.3) is 10.8 Å². The summed E-state index contributed by atoms with van der Waals surface area (Å²) < 4.78 is 32.6. The number of thioether (sulfide) groups is 1. The summed E-state index contributed by atoms with van der Waals surface area (Å²) in [7, 11) is -2.88. The number of esters is 1. The molecule has 3 heterocycles. The summed E-state index contributed by atoms with van der Waals surface area (Å²) in [4.78, 5) is 36.8. The summed E-state index contributed by atoms with van der Waals surface area (Å²) >= 11 is 1.35. The van der Waals surface area contributed by atoms with E-state index in [0.717, 1.165) is 5.39 Å². The van der Waals surface area contributed by atoms with Gasteiger partial charge in [0.2, 0.25) is 5.96 Å². The Morgan fingerprint density at radius 1 is 1.33 bits per heavy atom. The number of carbonyl (C=O) groups is 1. The van der Waals surface area contributed by atoms with E-state index < -0.39 is 42.0 Å². The van der Waals surface area contributed by atoms with Crippen molar-refractivity contribution in [1.29, 1.82) is 0 Å². The first-order valence-corrected chi connectivity index (χ1v) is 16.1. The molecule has 5 rings (SSSR count). The van der Waals surface area contributed by atoms with Crippen LogP contribution in [0.3, 0.4) is 0 Å². The highest BCUT2D eigenvalue weighted by Crippen LogP contribution is 2.48. The monoisotopic (exact) mass is 658 g/mol. The molecule has 4 N–H and O–H groups in total. The number of fused-ring (bicyclic) bond motifs is 1. The molecule has 16 nitrogen and oxygen atoms in total. The van der Waals surface area contributed by atoms with Crippen molar-refractivity contribution in [3.63, 3.8) is 0 Å². The second-order valence-corrected chi connectivity index (χ2v) is 13.3. The first-order chi connectivity index (χ1) is 21.4. The third-order valence-corrected chi connectivity index (χ3v) is 10.2. The number of rotatable bonds is 12. The van der Waals surface area contributed by atoms with Crippen LogP contribution in [0.15, 0.2) is 71.0 Å². The number of aliphatic hydroxyl groups excluding tert-OH is 1.